The maximum absolute atomic E-state index is 12.0. The van der Waals surface area contributed by atoms with E-state index in [0.29, 0.717) is 16.5 Å². The first-order valence-corrected chi connectivity index (χ1v) is 7.41. The van der Waals surface area contributed by atoms with Crippen molar-refractivity contribution >= 4 is 23.1 Å². The van der Waals surface area contributed by atoms with E-state index in [1.165, 1.54) is 0 Å². The van der Waals surface area contributed by atoms with Gasteiger partial charge in [-0.2, -0.15) is 0 Å². The Labute approximate surface area is 125 Å². The third kappa shape index (κ3) is 3.77. The number of nitrogens with zero attached hydrogens (tertiary/aromatic N) is 1. The summed E-state index contributed by atoms with van der Waals surface area (Å²) in [6, 6.07) is 7.09. The van der Waals surface area contributed by atoms with E-state index in [2.05, 4.69) is 17.1 Å². The van der Waals surface area contributed by atoms with Crippen molar-refractivity contribution in [1.82, 2.24) is 10.2 Å². The van der Waals surface area contributed by atoms with Crippen LogP contribution in [0.1, 0.15) is 29.3 Å². The van der Waals surface area contributed by atoms with Gasteiger partial charge in [-0.1, -0.05) is 31.3 Å². The summed E-state index contributed by atoms with van der Waals surface area (Å²) >= 11 is 4.89. The Bertz CT molecular complexity index is 486. The Hall–Kier alpha value is -1.46. The van der Waals surface area contributed by atoms with Gasteiger partial charge in [0.25, 0.3) is 5.91 Å². The molecule has 4 nitrogen and oxygen atoms in total. The monoisotopic (exact) mass is 291 g/mol. The molecule has 1 aromatic carbocycles. The lowest BCUT2D eigenvalue weighted by molar-refractivity contribution is 0.0947. The third-order valence-electron chi connectivity index (χ3n) is 3.80. The zero-order valence-electron chi connectivity index (χ0n) is 11.8. The predicted octanol–water partition coefficient (Wildman–Crippen LogP) is 1.39. The molecule has 0 bridgehead atoms. The van der Waals surface area contributed by atoms with Gasteiger partial charge in [0.1, 0.15) is 4.99 Å². The second kappa shape index (κ2) is 6.81. The Morgan fingerprint density at radius 1 is 1.40 bits per heavy atom. The summed E-state index contributed by atoms with van der Waals surface area (Å²) in [4.78, 5) is 14.8. The van der Waals surface area contributed by atoms with Crippen molar-refractivity contribution < 1.29 is 4.79 Å². The van der Waals surface area contributed by atoms with Crippen LogP contribution in [0.25, 0.3) is 0 Å². The molecule has 1 heterocycles. The largest absolute Gasteiger partial charge is 0.389 e. The highest BCUT2D eigenvalue weighted by Crippen LogP contribution is 2.14. The summed E-state index contributed by atoms with van der Waals surface area (Å²) in [6.45, 7) is 6.22. The fraction of sp³-hybridized carbons (Fsp3) is 0.467. The highest BCUT2D eigenvalue weighted by molar-refractivity contribution is 7.80. The van der Waals surface area contributed by atoms with Gasteiger partial charge in [-0.25, -0.2) is 0 Å². The molecule has 0 spiro atoms. The number of carbonyl (C=O) groups excluding carboxylic acids is 1. The van der Waals surface area contributed by atoms with Crippen molar-refractivity contribution in [2.45, 2.75) is 13.3 Å². The maximum atomic E-state index is 12.0. The number of likely N-dealkylation sites (tertiary alicyclic amines) is 1. The number of thiocarbonyl (C=S) groups is 1. The highest BCUT2D eigenvalue weighted by atomic mass is 32.1. The zero-order valence-corrected chi connectivity index (χ0v) is 12.6. The van der Waals surface area contributed by atoms with Crippen LogP contribution in [-0.4, -0.2) is 42.0 Å². The van der Waals surface area contributed by atoms with Gasteiger partial charge in [-0.05, 0) is 37.6 Å². The van der Waals surface area contributed by atoms with E-state index in [1.54, 1.807) is 24.3 Å². The minimum absolute atomic E-state index is 0.0329. The van der Waals surface area contributed by atoms with E-state index < -0.39 is 0 Å². The standard InChI is InChI=1S/C15H21N3OS/c1-2-18-8-7-11(10-18)9-17-15(19)13-5-3-12(4-6-13)14(16)20/h3-6,11H,2,7-10H2,1H3,(H2,16,20)(H,17,19). The molecule has 1 unspecified atom stereocenters. The van der Waals surface area contributed by atoms with E-state index in [-0.39, 0.29) is 5.91 Å². The number of rotatable bonds is 5. The quantitative estimate of drug-likeness (QED) is 0.805. The van der Waals surface area contributed by atoms with Crippen molar-refractivity contribution in [3.05, 3.63) is 35.4 Å². The molecule has 5 heteroatoms. The summed E-state index contributed by atoms with van der Waals surface area (Å²) in [5.41, 5.74) is 6.97. The van der Waals surface area contributed by atoms with Crippen molar-refractivity contribution in [2.75, 3.05) is 26.2 Å². The van der Waals surface area contributed by atoms with Crippen molar-refractivity contribution in [2.24, 2.45) is 11.7 Å². The van der Waals surface area contributed by atoms with Crippen LogP contribution < -0.4 is 11.1 Å². The summed E-state index contributed by atoms with van der Waals surface area (Å²) in [6.07, 6.45) is 1.16. The molecule has 1 aromatic rings. The van der Waals surface area contributed by atoms with Gasteiger partial charge in [-0.3, -0.25) is 4.79 Å². The smallest absolute Gasteiger partial charge is 0.251 e. The fourth-order valence-electron chi connectivity index (χ4n) is 2.49. The zero-order chi connectivity index (χ0) is 14.5. The van der Waals surface area contributed by atoms with Gasteiger partial charge in [-0.15, -0.1) is 0 Å². The molecule has 1 amide bonds. The minimum atomic E-state index is -0.0329. The van der Waals surface area contributed by atoms with Gasteiger partial charge < -0.3 is 16.0 Å². The lowest BCUT2D eigenvalue weighted by Gasteiger charge is -2.13. The van der Waals surface area contributed by atoms with Crippen LogP contribution in [0.5, 0.6) is 0 Å². The van der Waals surface area contributed by atoms with E-state index in [9.17, 15) is 4.79 Å². The molecule has 1 saturated heterocycles. The number of hydrogen-bond acceptors (Lipinski definition) is 3. The number of nitrogens with two attached hydrogens (primary N) is 1. The Balaban J connectivity index is 1.84. The average Bonchev–Trinajstić information content (AvgIpc) is 2.93. The molecule has 20 heavy (non-hydrogen) atoms. The van der Waals surface area contributed by atoms with E-state index >= 15 is 0 Å². The van der Waals surface area contributed by atoms with Gasteiger partial charge in [0, 0.05) is 24.2 Å². The van der Waals surface area contributed by atoms with Crippen molar-refractivity contribution in [3.8, 4) is 0 Å². The van der Waals surface area contributed by atoms with Crippen LogP contribution >= 0.6 is 12.2 Å². The molecule has 1 aliphatic rings. The van der Waals surface area contributed by atoms with Crippen LogP contribution in [-0.2, 0) is 0 Å². The first-order valence-electron chi connectivity index (χ1n) is 7.00. The summed E-state index contributed by atoms with van der Waals surface area (Å²) in [5, 5.41) is 3.00. The van der Waals surface area contributed by atoms with Crippen LogP contribution in [0.3, 0.4) is 0 Å². The van der Waals surface area contributed by atoms with Crippen LogP contribution in [0.15, 0.2) is 24.3 Å². The maximum Gasteiger partial charge on any atom is 0.251 e. The van der Waals surface area contributed by atoms with Crippen LogP contribution in [0.2, 0.25) is 0 Å². The Morgan fingerprint density at radius 3 is 2.60 bits per heavy atom. The average molecular weight is 291 g/mol. The summed E-state index contributed by atoms with van der Waals surface area (Å²) in [5.74, 6) is 0.532. The van der Waals surface area contributed by atoms with Crippen LogP contribution in [0, 0.1) is 5.92 Å². The highest BCUT2D eigenvalue weighted by Gasteiger charge is 2.21. The van der Waals surface area contributed by atoms with E-state index in [1.807, 2.05) is 0 Å². The first kappa shape index (κ1) is 14.9. The molecule has 3 N–H and O–H groups in total. The second-order valence-electron chi connectivity index (χ2n) is 5.20. The molecule has 108 valence electrons. The van der Waals surface area contributed by atoms with Gasteiger partial charge in [0.05, 0.1) is 0 Å². The SMILES string of the molecule is CCN1CCC(CNC(=O)c2ccc(C(N)=S)cc2)C1. The number of benzene rings is 1. The lowest BCUT2D eigenvalue weighted by Crippen LogP contribution is -2.31. The molecule has 1 aliphatic heterocycles. The Kier molecular flexibility index (Phi) is 5.09. The van der Waals surface area contributed by atoms with Gasteiger partial charge in [0.15, 0.2) is 0 Å². The van der Waals surface area contributed by atoms with E-state index in [0.717, 1.165) is 38.2 Å². The molecular formula is C15H21N3OS. The number of nitrogens with one attached hydrogen (secondary N) is 1. The van der Waals surface area contributed by atoms with E-state index in [4.69, 9.17) is 18.0 Å². The molecule has 2 rings (SSSR count). The second-order valence-corrected chi connectivity index (χ2v) is 5.64. The van der Waals surface area contributed by atoms with Gasteiger partial charge in [0.2, 0.25) is 0 Å². The normalized spacial score (nSPS) is 18.9. The molecule has 0 aliphatic carbocycles. The predicted molar refractivity (Wildman–Crippen MR) is 84.9 cm³/mol. The fourth-order valence-corrected chi connectivity index (χ4v) is 2.63. The Morgan fingerprint density at radius 2 is 2.05 bits per heavy atom. The number of amides is 1. The molecule has 1 fully saturated rings. The van der Waals surface area contributed by atoms with Crippen LogP contribution in [0.4, 0.5) is 0 Å². The number of hydrogen-bond donors (Lipinski definition) is 2. The number of carbonyl (C=O) groups is 1. The summed E-state index contributed by atoms with van der Waals surface area (Å²) in [7, 11) is 0. The third-order valence-corrected chi connectivity index (χ3v) is 4.04. The molecule has 0 saturated carbocycles. The molecule has 0 aromatic heterocycles. The molecule has 1 atom stereocenters. The topological polar surface area (TPSA) is 58.4 Å². The van der Waals surface area contributed by atoms with Crippen molar-refractivity contribution in [3.63, 3.8) is 0 Å². The molecular weight excluding hydrogens is 270 g/mol. The minimum Gasteiger partial charge on any atom is -0.389 e. The van der Waals surface area contributed by atoms with Crippen molar-refractivity contribution in [1.29, 1.82) is 0 Å². The molecule has 0 radical (unpaired) electrons. The lowest BCUT2D eigenvalue weighted by atomic mass is 10.1. The first-order chi connectivity index (χ1) is 9.60. The van der Waals surface area contributed by atoms with Gasteiger partial charge >= 0.3 is 0 Å². The summed E-state index contributed by atoms with van der Waals surface area (Å²) < 4.78 is 0.